The van der Waals surface area contributed by atoms with Crippen molar-refractivity contribution in [1.82, 2.24) is 5.32 Å². The summed E-state index contributed by atoms with van der Waals surface area (Å²) in [6.45, 7) is 1.20. The largest absolute Gasteiger partial charge is 0.484 e. The maximum Gasteiger partial charge on any atom is 0.273 e. The molecule has 0 atom stereocenters. The number of nitrogens with zero attached hydrogens (tertiary/aromatic N) is 1. The van der Waals surface area contributed by atoms with Crippen molar-refractivity contribution in [2.75, 3.05) is 36.4 Å². The molecule has 3 aromatic rings. The minimum absolute atomic E-state index is 0.102. The van der Waals surface area contributed by atoms with E-state index in [9.17, 15) is 13.2 Å². The summed E-state index contributed by atoms with van der Waals surface area (Å²) in [5, 5.41) is 7.82. The molecule has 2 aromatic carbocycles. The Morgan fingerprint density at radius 3 is 2.42 bits per heavy atom. The summed E-state index contributed by atoms with van der Waals surface area (Å²) in [5.41, 5.74) is 1.56. The topological polar surface area (TPSA) is 87.7 Å². The van der Waals surface area contributed by atoms with Crippen molar-refractivity contribution in [3.05, 3.63) is 72.1 Å². The van der Waals surface area contributed by atoms with E-state index in [2.05, 4.69) is 10.6 Å². The number of amides is 1. The van der Waals surface area contributed by atoms with Gasteiger partial charge in [0, 0.05) is 25.8 Å². The van der Waals surface area contributed by atoms with Crippen molar-refractivity contribution in [2.24, 2.45) is 0 Å². The van der Waals surface area contributed by atoms with E-state index in [1.807, 2.05) is 30.3 Å². The molecule has 1 heterocycles. The van der Waals surface area contributed by atoms with E-state index in [1.54, 1.807) is 41.8 Å². The maximum absolute atomic E-state index is 12.6. The molecule has 0 radical (unpaired) electrons. The van der Waals surface area contributed by atoms with Crippen LogP contribution in [0.5, 0.6) is 5.75 Å². The highest BCUT2D eigenvalue weighted by Crippen LogP contribution is 2.26. The molecular weight excluding hydrogens is 434 g/mol. The van der Waals surface area contributed by atoms with E-state index in [1.165, 1.54) is 22.7 Å². The fraction of sp³-hybridized carbons (Fsp3) is 0.227. The Balaban J connectivity index is 1.39. The van der Waals surface area contributed by atoms with Crippen molar-refractivity contribution >= 4 is 38.6 Å². The molecule has 0 spiro atoms. The molecule has 0 saturated carbocycles. The van der Waals surface area contributed by atoms with Crippen LogP contribution in [0.1, 0.15) is 6.42 Å². The molecule has 0 aliphatic heterocycles. The smallest absolute Gasteiger partial charge is 0.273 e. The third-order valence-corrected chi connectivity index (χ3v) is 7.62. The number of nitrogens with one attached hydrogen (secondary N) is 2. The van der Waals surface area contributed by atoms with E-state index in [0.717, 1.165) is 18.7 Å². The predicted octanol–water partition coefficient (Wildman–Crippen LogP) is 3.57. The van der Waals surface area contributed by atoms with Gasteiger partial charge in [0.05, 0.1) is 5.69 Å². The Morgan fingerprint density at radius 1 is 1.00 bits per heavy atom. The predicted molar refractivity (Wildman–Crippen MR) is 124 cm³/mol. The average molecular weight is 460 g/mol. The van der Waals surface area contributed by atoms with Crippen LogP contribution < -0.4 is 19.7 Å². The number of hydrogen-bond acceptors (Lipinski definition) is 6. The van der Waals surface area contributed by atoms with E-state index < -0.39 is 10.0 Å². The second kappa shape index (κ2) is 10.8. The van der Waals surface area contributed by atoms with Gasteiger partial charge in [0.15, 0.2) is 6.61 Å². The van der Waals surface area contributed by atoms with Crippen LogP contribution >= 0.6 is 11.3 Å². The van der Waals surface area contributed by atoms with Crippen LogP contribution in [0, 0.1) is 0 Å². The third-order valence-electron chi connectivity index (χ3n) is 4.46. The molecule has 1 aromatic heterocycles. The van der Waals surface area contributed by atoms with E-state index in [4.69, 9.17) is 4.74 Å². The molecule has 9 heteroatoms. The lowest BCUT2D eigenvalue weighted by Crippen LogP contribution is -2.30. The molecule has 3 rings (SSSR count). The Labute approximate surface area is 186 Å². The van der Waals surface area contributed by atoms with E-state index in [0.29, 0.717) is 18.0 Å². The minimum atomic E-state index is -3.58. The van der Waals surface area contributed by atoms with Gasteiger partial charge >= 0.3 is 0 Å². The van der Waals surface area contributed by atoms with Crippen LogP contribution in [0.2, 0.25) is 0 Å². The monoisotopic (exact) mass is 459 g/mol. The molecule has 0 fully saturated rings. The van der Waals surface area contributed by atoms with Gasteiger partial charge in [-0.1, -0.05) is 24.3 Å². The van der Waals surface area contributed by atoms with Gasteiger partial charge in [0.25, 0.3) is 15.9 Å². The first-order chi connectivity index (χ1) is 15.0. The number of rotatable bonds is 11. The lowest BCUT2D eigenvalue weighted by Gasteiger charge is -2.18. The number of sulfonamides is 1. The zero-order valence-electron chi connectivity index (χ0n) is 17.2. The molecule has 0 bridgehead atoms. The molecule has 0 aliphatic rings. The van der Waals surface area contributed by atoms with Crippen molar-refractivity contribution in [1.29, 1.82) is 0 Å². The van der Waals surface area contributed by atoms with Crippen LogP contribution in [-0.4, -0.2) is 41.1 Å². The summed E-state index contributed by atoms with van der Waals surface area (Å²) in [5.74, 6) is 0.285. The van der Waals surface area contributed by atoms with Gasteiger partial charge in [-0.3, -0.25) is 9.10 Å². The first kappa shape index (κ1) is 22.6. The molecule has 2 N–H and O–H groups in total. The SMILES string of the molecule is CN(c1ccc(OCC(=O)NCCCNc2ccccc2)cc1)S(=O)(=O)c1cccs1. The molecular formula is C22H25N3O4S2. The third kappa shape index (κ3) is 6.47. The highest BCUT2D eigenvalue weighted by molar-refractivity contribution is 7.94. The van der Waals surface area contributed by atoms with Crippen LogP contribution in [0.15, 0.2) is 76.3 Å². The Morgan fingerprint density at radius 2 is 1.74 bits per heavy atom. The number of hydrogen-bond donors (Lipinski definition) is 2. The number of para-hydroxylation sites is 1. The molecule has 0 saturated heterocycles. The van der Waals surface area contributed by atoms with Crippen LogP contribution in [0.25, 0.3) is 0 Å². The molecule has 1 amide bonds. The molecule has 7 nitrogen and oxygen atoms in total. The number of ether oxygens (including phenoxy) is 1. The number of carbonyl (C=O) groups excluding carboxylic acids is 1. The second-order valence-electron chi connectivity index (χ2n) is 6.68. The summed E-state index contributed by atoms with van der Waals surface area (Å²) < 4.78 is 32.1. The van der Waals surface area contributed by atoms with Gasteiger partial charge in [-0.2, -0.15) is 0 Å². The second-order valence-corrected chi connectivity index (χ2v) is 9.83. The lowest BCUT2D eigenvalue weighted by atomic mass is 10.3. The van der Waals surface area contributed by atoms with Gasteiger partial charge in [0.1, 0.15) is 9.96 Å². The summed E-state index contributed by atoms with van der Waals surface area (Å²) >= 11 is 1.17. The summed E-state index contributed by atoms with van der Waals surface area (Å²) in [7, 11) is -2.07. The minimum Gasteiger partial charge on any atom is -0.484 e. The fourth-order valence-corrected chi connectivity index (χ4v) is 5.10. The number of thiophene rings is 1. The van der Waals surface area contributed by atoms with Gasteiger partial charge in [-0.15, -0.1) is 11.3 Å². The van der Waals surface area contributed by atoms with Gasteiger partial charge in [0.2, 0.25) is 0 Å². The zero-order valence-corrected chi connectivity index (χ0v) is 18.8. The number of benzene rings is 2. The normalized spacial score (nSPS) is 11.0. The average Bonchev–Trinajstić information content (AvgIpc) is 3.34. The van der Waals surface area contributed by atoms with Crippen molar-refractivity contribution in [3.8, 4) is 5.75 Å². The van der Waals surface area contributed by atoms with Crippen LogP contribution in [0.4, 0.5) is 11.4 Å². The first-order valence-electron chi connectivity index (χ1n) is 9.78. The highest BCUT2D eigenvalue weighted by atomic mass is 32.2. The summed E-state index contributed by atoms with van der Waals surface area (Å²) in [6.07, 6.45) is 0.792. The van der Waals surface area contributed by atoms with Crippen molar-refractivity contribution < 1.29 is 17.9 Å². The molecule has 0 unspecified atom stereocenters. The maximum atomic E-state index is 12.6. The number of anilines is 2. The summed E-state index contributed by atoms with van der Waals surface area (Å²) in [4.78, 5) is 11.9. The fourth-order valence-electron chi connectivity index (χ4n) is 2.74. The molecule has 31 heavy (non-hydrogen) atoms. The van der Waals surface area contributed by atoms with Crippen molar-refractivity contribution in [2.45, 2.75) is 10.6 Å². The van der Waals surface area contributed by atoms with E-state index >= 15 is 0 Å². The van der Waals surface area contributed by atoms with Gasteiger partial charge < -0.3 is 15.4 Å². The highest BCUT2D eigenvalue weighted by Gasteiger charge is 2.22. The van der Waals surface area contributed by atoms with Crippen LogP contribution in [0.3, 0.4) is 0 Å². The molecule has 0 aliphatic carbocycles. The van der Waals surface area contributed by atoms with Gasteiger partial charge in [-0.25, -0.2) is 8.42 Å². The quantitative estimate of drug-likeness (QED) is 0.428. The molecule has 164 valence electrons. The van der Waals surface area contributed by atoms with Crippen molar-refractivity contribution in [3.63, 3.8) is 0 Å². The standard InChI is InChI=1S/C22H25N3O4S2/c1-25(31(27,28)22-9-5-16-30-22)19-10-12-20(13-11-19)29-17-21(26)24-15-6-14-23-18-7-3-2-4-8-18/h2-5,7-13,16,23H,6,14-15,17H2,1H3,(H,24,26). The number of carbonyl (C=O) groups is 1. The van der Waals surface area contributed by atoms with Crippen LogP contribution in [-0.2, 0) is 14.8 Å². The zero-order chi connectivity index (χ0) is 22.1. The van der Waals surface area contributed by atoms with Gasteiger partial charge in [-0.05, 0) is 54.3 Å². The lowest BCUT2D eigenvalue weighted by molar-refractivity contribution is -0.123. The summed E-state index contributed by atoms with van der Waals surface area (Å²) in [6, 6.07) is 19.7. The van der Waals surface area contributed by atoms with E-state index in [-0.39, 0.29) is 16.7 Å². The Kier molecular flexibility index (Phi) is 7.91. The first-order valence-corrected chi connectivity index (χ1v) is 12.1. The Bertz CT molecular complexity index is 1050. The Hall–Kier alpha value is -3.04.